The monoisotopic (exact) mass is 262 g/mol. The van der Waals surface area contributed by atoms with Crippen LogP contribution >= 0.6 is 0 Å². The van der Waals surface area contributed by atoms with Crippen LogP contribution in [-0.4, -0.2) is 36.7 Å². The first-order valence-corrected chi connectivity index (χ1v) is 7.36. The second-order valence-corrected chi connectivity index (χ2v) is 5.49. The smallest absolute Gasteiger partial charge is 0.0674 e. The van der Waals surface area contributed by atoms with Gasteiger partial charge in [0.25, 0.3) is 0 Å². The van der Waals surface area contributed by atoms with Gasteiger partial charge in [0.15, 0.2) is 0 Å². The first kappa shape index (κ1) is 14.5. The van der Waals surface area contributed by atoms with Gasteiger partial charge in [-0.25, -0.2) is 0 Å². The van der Waals surface area contributed by atoms with Gasteiger partial charge in [0.2, 0.25) is 0 Å². The molecule has 0 saturated carbocycles. The zero-order valence-electron chi connectivity index (χ0n) is 12.1. The highest BCUT2D eigenvalue weighted by molar-refractivity contribution is 5.22. The highest BCUT2D eigenvalue weighted by Gasteiger charge is 2.25. The molecule has 2 atom stereocenters. The van der Waals surface area contributed by atoms with Crippen LogP contribution in [-0.2, 0) is 17.7 Å². The average molecular weight is 262 g/mol. The number of hydrogen-bond donors (Lipinski definition) is 1. The summed E-state index contributed by atoms with van der Waals surface area (Å²) in [6.07, 6.45) is 2.46. The molecule has 19 heavy (non-hydrogen) atoms. The van der Waals surface area contributed by atoms with E-state index in [0.29, 0.717) is 12.1 Å². The van der Waals surface area contributed by atoms with Crippen molar-refractivity contribution in [3.8, 4) is 0 Å². The fourth-order valence-corrected chi connectivity index (χ4v) is 2.69. The lowest BCUT2D eigenvalue weighted by molar-refractivity contribution is -0.0592. The molecule has 1 heterocycles. The van der Waals surface area contributed by atoms with Gasteiger partial charge in [-0.1, -0.05) is 31.2 Å². The van der Waals surface area contributed by atoms with Gasteiger partial charge in [-0.2, -0.15) is 0 Å². The average Bonchev–Trinajstić information content (AvgIpc) is 2.42. The van der Waals surface area contributed by atoms with Crippen molar-refractivity contribution >= 4 is 0 Å². The Morgan fingerprint density at radius 1 is 1.26 bits per heavy atom. The predicted octanol–water partition coefficient (Wildman–Crippen LogP) is 2.19. The van der Waals surface area contributed by atoms with Crippen molar-refractivity contribution in [1.82, 2.24) is 4.90 Å². The number of nitrogens with two attached hydrogens (primary N) is 1. The minimum absolute atomic E-state index is 0.347. The second kappa shape index (κ2) is 7.04. The molecular formula is C16H26N2O. The molecule has 0 aromatic heterocycles. The van der Waals surface area contributed by atoms with Crippen LogP contribution in [0.15, 0.2) is 24.3 Å². The highest BCUT2D eigenvalue weighted by Crippen LogP contribution is 2.18. The van der Waals surface area contributed by atoms with E-state index in [4.69, 9.17) is 10.5 Å². The Morgan fingerprint density at radius 2 is 1.95 bits per heavy atom. The van der Waals surface area contributed by atoms with Gasteiger partial charge in [-0.05, 0) is 37.4 Å². The predicted molar refractivity (Wildman–Crippen MR) is 79.1 cm³/mol. The molecule has 1 aromatic carbocycles. The van der Waals surface area contributed by atoms with Crippen molar-refractivity contribution in [2.75, 3.05) is 19.7 Å². The lowest BCUT2D eigenvalue weighted by Crippen LogP contribution is -2.47. The maximum absolute atomic E-state index is 5.74. The number of morpholine rings is 1. The lowest BCUT2D eigenvalue weighted by Gasteiger charge is -2.38. The molecule has 1 aliphatic heterocycles. The summed E-state index contributed by atoms with van der Waals surface area (Å²) in [6, 6.07) is 9.43. The quantitative estimate of drug-likeness (QED) is 0.884. The Bertz CT molecular complexity index is 377. The van der Waals surface area contributed by atoms with Gasteiger partial charge in [-0.15, -0.1) is 0 Å². The minimum atomic E-state index is 0.347. The Kier molecular flexibility index (Phi) is 5.37. The van der Waals surface area contributed by atoms with Crippen LogP contribution in [0.4, 0.5) is 0 Å². The Morgan fingerprint density at radius 3 is 2.58 bits per heavy atom. The van der Waals surface area contributed by atoms with Crippen molar-refractivity contribution in [2.24, 2.45) is 5.73 Å². The molecule has 2 rings (SSSR count). The summed E-state index contributed by atoms with van der Waals surface area (Å²) in [7, 11) is 0. The lowest BCUT2D eigenvalue weighted by atomic mass is 10.1. The first-order chi connectivity index (χ1) is 9.22. The van der Waals surface area contributed by atoms with E-state index in [9.17, 15) is 0 Å². The summed E-state index contributed by atoms with van der Waals surface area (Å²) in [6.45, 7) is 8.03. The number of ether oxygens (including phenoxy) is 1. The normalized spacial score (nSPS) is 24.6. The van der Waals surface area contributed by atoms with Gasteiger partial charge < -0.3 is 10.5 Å². The molecule has 1 aromatic rings. The number of nitrogens with zero attached hydrogens (tertiary/aromatic N) is 1. The van der Waals surface area contributed by atoms with E-state index < -0.39 is 0 Å². The summed E-state index contributed by atoms with van der Waals surface area (Å²) >= 11 is 0. The molecule has 1 saturated heterocycles. The number of hydrogen-bond acceptors (Lipinski definition) is 3. The van der Waals surface area contributed by atoms with Crippen molar-refractivity contribution in [2.45, 2.75) is 45.4 Å². The van der Waals surface area contributed by atoms with E-state index in [0.717, 1.165) is 39.1 Å². The minimum Gasteiger partial charge on any atom is -0.376 e. The molecule has 3 nitrogen and oxygen atoms in total. The van der Waals surface area contributed by atoms with Gasteiger partial charge >= 0.3 is 0 Å². The van der Waals surface area contributed by atoms with Crippen molar-refractivity contribution in [3.05, 3.63) is 35.4 Å². The Balaban J connectivity index is 1.98. The zero-order chi connectivity index (χ0) is 13.7. The van der Waals surface area contributed by atoms with E-state index in [1.54, 1.807) is 0 Å². The standard InChI is InChI=1S/C16H26N2O/c1-3-16-12-19-13(2)10-18(16)11-15-6-4-14(5-7-15)8-9-17/h4-7,13,16H,3,8-12,17H2,1-2H3. The summed E-state index contributed by atoms with van der Waals surface area (Å²) < 4.78 is 5.74. The van der Waals surface area contributed by atoms with E-state index in [-0.39, 0.29) is 0 Å². The van der Waals surface area contributed by atoms with E-state index >= 15 is 0 Å². The summed E-state index contributed by atoms with van der Waals surface area (Å²) in [4.78, 5) is 2.55. The van der Waals surface area contributed by atoms with Crippen LogP contribution in [0.25, 0.3) is 0 Å². The van der Waals surface area contributed by atoms with Crippen molar-refractivity contribution in [1.29, 1.82) is 0 Å². The fraction of sp³-hybridized carbons (Fsp3) is 0.625. The summed E-state index contributed by atoms with van der Waals surface area (Å²) in [5.41, 5.74) is 8.29. The van der Waals surface area contributed by atoms with Crippen LogP contribution < -0.4 is 5.73 Å². The third kappa shape index (κ3) is 4.03. The largest absolute Gasteiger partial charge is 0.376 e. The number of benzene rings is 1. The SMILES string of the molecule is CCC1COC(C)CN1Cc1ccc(CCN)cc1. The molecule has 0 bridgehead atoms. The summed E-state index contributed by atoms with van der Waals surface area (Å²) in [5.74, 6) is 0. The van der Waals surface area contributed by atoms with Gasteiger partial charge in [0, 0.05) is 19.1 Å². The van der Waals surface area contributed by atoms with E-state index in [2.05, 4.69) is 43.0 Å². The van der Waals surface area contributed by atoms with Crippen LogP contribution in [0, 0.1) is 0 Å². The fourth-order valence-electron chi connectivity index (χ4n) is 2.69. The molecule has 1 fully saturated rings. The Hall–Kier alpha value is -0.900. The van der Waals surface area contributed by atoms with Crippen LogP contribution in [0.1, 0.15) is 31.4 Å². The van der Waals surface area contributed by atoms with Crippen LogP contribution in [0.2, 0.25) is 0 Å². The third-order valence-electron chi connectivity index (χ3n) is 3.89. The van der Waals surface area contributed by atoms with E-state index in [1.807, 2.05) is 0 Å². The molecule has 1 aliphatic rings. The maximum Gasteiger partial charge on any atom is 0.0674 e. The molecule has 106 valence electrons. The number of rotatable bonds is 5. The topological polar surface area (TPSA) is 38.5 Å². The zero-order valence-corrected chi connectivity index (χ0v) is 12.1. The first-order valence-electron chi connectivity index (χ1n) is 7.36. The molecule has 2 N–H and O–H groups in total. The molecule has 0 radical (unpaired) electrons. The van der Waals surface area contributed by atoms with Crippen LogP contribution in [0.5, 0.6) is 0 Å². The molecule has 0 aliphatic carbocycles. The van der Waals surface area contributed by atoms with E-state index in [1.165, 1.54) is 11.1 Å². The highest BCUT2D eigenvalue weighted by atomic mass is 16.5. The Labute approximate surface area is 116 Å². The van der Waals surface area contributed by atoms with Crippen molar-refractivity contribution in [3.63, 3.8) is 0 Å². The molecule has 3 heteroatoms. The van der Waals surface area contributed by atoms with Gasteiger partial charge in [-0.3, -0.25) is 4.90 Å². The second-order valence-electron chi connectivity index (χ2n) is 5.49. The maximum atomic E-state index is 5.74. The van der Waals surface area contributed by atoms with Gasteiger partial charge in [0.05, 0.1) is 12.7 Å². The third-order valence-corrected chi connectivity index (χ3v) is 3.89. The van der Waals surface area contributed by atoms with Gasteiger partial charge in [0.1, 0.15) is 0 Å². The molecule has 0 spiro atoms. The van der Waals surface area contributed by atoms with Crippen LogP contribution in [0.3, 0.4) is 0 Å². The molecule has 2 unspecified atom stereocenters. The van der Waals surface area contributed by atoms with Crippen molar-refractivity contribution < 1.29 is 4.74 Å². The molecular weight excluding hydrogens is 236 g/mol. The summed E-state index contributed by atoms with van der Waals surface area (Å²) in [5, 5.41) is 0. The molecule has 0 amide bonds.